The second-order valence-electron chi connectivity index (χ2n) is 3.82. The van der Waals surface area contributed by atoms with E-state index < -0.39 is 0 Å². The first-order chi connectivity index (χ1) is 8.78. The molecule has 0 bridgehead atoms. The highest BCUT2D eigenvalue weighted by atomic mass is 16.5. The number of fused-ring (bicyclic) bond motifs is 1. The van der Waals surface area contributed by atoms with Gasteiger partial charge in [-0.05, 0) is 12.1 Å². The molecule has 0 amide bonds. The smallest absolute Gasteiger partial charge is 0.249 e. The van der Waals surface area contributed by atoms with Crippen LogP contribution in [0.1, 0.15) is 5.76 Å². The Balaban J connectivity index is 2.05. The van der Waals surface area contributed by atoms with Gasteiger partial charge in [-0.2, -0.15) is 0 Å². The fourth-order valence-corrected chi connectivity index (χ4v) is 1.70. The van der Waals surface area contributed by atoms with Gasteiger partial charge in [0.25, 0.3) is 0 Å². The molecule has 2 aromatic heterocycles. The minimum Gasteiger partial charge on any atom is -0.435 e. The molecule has 3 rings (SSSR count). The number of hydrogen-bond acceptors (Lipinski definition) is 6. The number of nitrogens with zero attached hydrogens (tertiary/aromatic N) is 2. The highest BCUT2D eigenvalue weighted by molar-refractivity contribution is 5.86. The van der Waals surface area contributed by atoms with E-state index in [1.165, 1.54) is 0 Å². The van der Waals surface area contributed by atoms with Crippen molar-refractivity contribution >= 4 is 16.8 Å². The lowest BCUT2D eigenvalue weighted by atomic mass is 10.3. The van der Waals surface area contributed by atoms with Crippen LogP contribution in [0.3, 0.4) is 0 Å². The lowest BCUT2D eigenvalue weighted by molar-refractivity contribution is 0.156. The summed E-state index contributed by atoms with van der Waals surface area (Å²) in [7, 11) is 1.59. The first-order valence-corrected chi connectivity index (χ1v) is 5.38. The third-order valence-electron chi connectivity index (χ3n) is 2.51. The van der Waals surface area contributed by atoms with E-state index in [0.29, 0.717) is 40.7 Å². The highest BCUT2D eigenvalue weighted by Crippen LogP contribution is 2.27. The van der Waals surface area contributed by atoms with Crippen LogP contribution in [-0.4, -0.2) is 17.3 Å². The van der Waals surface area contributed by atoms with Gasteiger partial charge >= 0.3 is 0 Å². The van der Waals surface area contributed by atoms with Crippen molar-refractivity contribution in [3.05, 3.63) is 30.0 Å². The second kappa shape index (κ2) is 4.15. The summed E-state index contributed by atoms with van der Waals surface area (Å²) in [5.74, 6) is 0.997. The van der Waals surface area contributed by atoms with Crippen LogP contribution < -0.4 is 5.73 Å². The lowest BCUT2D eigenvalue weighted by Gasteiger charge is -1.89. The minimum absolute atomic E-state index is 0.357. The van der Waals surface area contributed by atoms with Crippen molar-refractivity contribution in [3.8, 4) is 11.6 Å². The fourth-order valence-electron chi connectivity index (χ4n) is 1.70. The molecule has 92 valence electrons. The van der Waals surface area contributed by atoms with Gasteiger partial charge in [-0.3, -0.25) is 0 Å². The predicted octanol–water partition coefficient (Wildman–Crippen LogP) is 2.21. The van der Waals surface area contributed by atoms with E-state index in [0.717, 1.165) is 0 Å². The second-order valence-corrected chi connectivity index (χ2v) is 3.82. The molecule has 18 heavy (non-hydrogen) atoms. The summed E-state index contributed by atoms with van der Waals surface area (Å²) in [6.45, 7) is 0.357. The summed E-state index contributed by atoms with van der Waals surface area (Å²) in [5, 5.41) is 3.88. The van der Waals surface area contributed by atoms with Crippen molar-refractivity contribution < 1.29 is 13.7 Å². The van der Waals surface area contributed by atoms with Gasteiger partial charge < -0.3 is 19.4 Å². The fraction of sp³-hybridized carbons (Fsp3) is 0.167. The minimum atomic E-state index is 0.357. The maximum atomic E-state index is 5.81. The molecule has 2 heterocycles. The van der Waals surface area contributed by atoms with Crippen molar-refractivity contribution in [1.29, 1.82) is 0 Å². The number of benzene rings is 1. The standard InChI is InChI=1S/C12H11N3O3/c1-16-6-7-5-9(15-18-7)12-14-11-8(13)3-2-4-10(11)17-12/h2-5H,6,13H2,1H3. The molecule has 0 aliphatic rings. The van der Waals surface area contributed by atoms with Crippen LogP contribution in [0.25, 0.3) is 22.7 Å². The van der Waals surface area contributed by atoms with Crippen LogP contribution in [0.2, 0.25) is 0 Å². The number of oxazole rings is 1. The Morgan fingerprint density at radius 3 is 3.06 bits per heavy atom. The summed E-state index contributed by atoms with van der Waals surface area (Å²) >= 11 is 0. The van der Waals surface area contributed by atoms with Gasteiger partial charge in [-0.1, -0.05) is 11.2 Å². The van der Waals surface area contributed by atoms with Gasteiger partial charge in [-0.25, -0.2) is 4.98 Å². The zero-order valence-electron chi connectivity index (χ0n) is 9.71. The molecule has 0 unspecified atom stereocenters. The Labute approximate surface area is 102 Å². The van der Waals surface area contributed by atoms with Crippen LogP contribution in [0.15, 0.2) is 33.2 Å². The zero-order valence-corrected chi connectivity index (χ0v) is 9.71. The van der Waals surface area contributed by atoms with Crippen LogP contribution in [-0.2, 0) is 11.3 Å². The van der Waals surface area contributed by atoms with E-state index in [1.54, 1.807) is 25.3 Å². The van der Waals surface area contributed by atoms with Gasteiger partial charge in [0.15, 0.2) is 17.0 Å². The topological polar surface area (TPSA) is 87.3 Å². The van der Waals surface area contributed by atoms with Crippen molar-refractivity contribution in [2.75, 3.05) is 12.8 Å². The molecular formula is C12H11N3O3. The highest BCUT2D eigenvalue weighted by Gasteiger charge is 2.14. The predicted molar refractivity (Wildman–Crippen MR) is 64.6 cm³/mol. The molecule has 0 atom stereocenters. The first-order valence-electron chi connectivity index (χ1n) is 5.38. The molecular weight excluding hydrogens is 234 g/mol. The largest absolute Gasteiger partial charge is 0.435 e. The van der Waals surface area contributed by atoms with Crippen molar-refractivity contribution in [2.24, 2.45) is 0 Å². The summed E-state index contributed by atoms with van der Waals surface area (Å²) in [5.41, 5.74) is 8.17. The van der Waals surface area contributed by atoms with Gasteiger partial charge in [0.05, 0.1) is 5.69 Å². The van der Waals surface area contributed by atoms with Crippen molar-refractivity contribution in [2.45, 2.75) is 6.61 Å². The molecule has 0 saturated heterocycles. The number of aromatic nitrogens is 2. The number of methoxy groups -OCH3 is 1. The molecule has 6 heteroatoms. The average molecular weight is 245 g/mol. The van der Waals surface area contributed by atoms with E-state index >= 15 is 0 Å². The normalized spacial score (nSPS) is 11.2. The van der Waals surface area contributed by atoms with Crippen LogP contribution in [0.5, 0.6) is 0 Å². The average Bonchev–Trinajstić information content (AvgIpc) is 2.96. The lowest BCUT2D eigenvalue weighted by Crippen LogP contribution is -1.85. The van der Waals surface area contributed by atoms with Crippen LogP contribution in [0.4, 0.5) is 5.69 Å². The molecule has 0 fully saturated rings. The number of anilines is 1. The van der Waals surface area contributed by atoms with E-state index in [4.69, 9.17) is 19.4 Å². The van der Waals surface area contributed by atoms with Crippen molar-refractivity contribution in [3.63, 3.8) is 0 Å². The van der Waals surface area contributed by atoms with Gasteiger partial charge in [0, 0.05) is 13.2 Å². The third kappa shape index (κ3) is 1.72. The monoisotopic (exact) mass is 245 g/mol. The molecule has 3 aromatic rings. The maximum Gasteiger partial charge on any atom is 0.249 e. The summed E-state index contributed by atoms with van der Waals surface area (Å²) in [4.78, 5) is 4.30. The van der Waals surface area contributed by atoms with E-state index in [-0.39, 0.29) is 0 Å². The van der Waals surface area contributed by atoms with Crippen LogP contribution in [0, 0.1) is 0 Å². The number of ether oxygens (including phenoxy) is 1. The van der Waals surface area contributed by atoms with E-state index in [9.17, 15) is 0 Å². The number of nitrogen functional groups attached to an aromatic ring is 1. The molecule has 0 saturated carbocycles. The quantitative estimate of drug-likeness (QED) is 0.712. The Bertz CT molecular complexity index is 687. The number of hydrogen-bond donors (Lipinski definition) is 1. The first kappa shape index (κ1) is 10.8. The Hall–Kier alpha value is -2.34. The zero-order chi connectivity index (χ0) is 12.5. The molecule has 0 spiro atoms. The number of nitrogens with two attached hydrogens (primary N) is 1. The summed E-state index contributed by atoms with van der Waals surface area (Å²) in [6, 6.07) is 7.11. The van der Waals surface area contributed by atoms with Gasteiger partial charge in [0.2, 0.25) is 5.89 Å². The van der Waals surface area contributed by atoms with Gasteiger partial charge in [-0.15, -0.1) is 0 Å². The molecule has 1 aromatic carbocycles. The molecule has 6 nitrogen and oxygen atoms in total. The Kier molecular flexibility index (Phi) is 2.49. The molecule has 0 aliphatic heterocycles. The Morgan fingerprint density at radius 2 is 2.28 bits per heavy atom. The SMILES string of the molecule is COCc1cc(-c2nc3c(N)cccc3o2)no1. The Morgan fingerprint density at radius 1 is 1.39 bits per heavy atom. The molecule has 0 aliphatic carbocycles. The van der Waals surface area contributed by atoms with Crippen molar-refractivity contribution in [1.82, 2.24) is 10.1 Å². The molecule has 2 N–H and O–H groups in total. The van der Waals surface area contributed by atoms with E-state index in [1.807, 2.05) is 6.07 Å². The summed E-state index contributed by atoms with van der Waals surface area (Å²) in [6.07, 6.45) is 0. The number of rotatable bonds is 3. The van der Waals surface area contributed by atoms with Gasteiger partial charge in [0.1, 0.15) is 12.1 Å². The van der Waals surface area contributed by atoms with E-state index in [2.05, 4.69) is 10.1 Å². The number of para-hydroxylation sites is 1. The summed E-state index contributed by atoms with van der Waals surface area (Å²) < 4.78 is 15.6. The maximum absolute atomic E-state index is 5.81. The molecule has 0 radical (unpaired) electrons. The third-order valence-corrected chi connectivity index (χ3v) is 2.51. The van der Waals surface area contributed by atoms with Crippen LogP contribution >= 0.6 is 0 Å².